The van der Waals surface area contributed by atoms with Gasteiger partial charge in [0.2, 0.25) is 0 Å². The van der Waals surface area contributed by atoms with Crippen LogP contribution >= 0.6 is 0 Å². The normalized spacial score (nSPS) is 21.3. The highest BCUT2D eigenvalue weighted by molar-refractivity contribution is 5.87. The predicted octanol–water partition coefficient (Wildman–Crippen LogP) is 2.09. The highest BCUT2D eigenvalue weighted by atomic mass is 16.5. The number of rotatable bonds is 4. The van der Waals surface area contributed by atoms with Crippen molar-refractivity contribution in [3.63, 3.8) is 0 Å². The fourth-order valence-corrected chi connectivity index (χ4v) is 2.67. The lowest BCUT2D eigenvalue weighted by atomic mass is 10.0. The van der Waals surface area contributed by atoms with Crippen LogP contribution in [-0.4, -0.2) is 56.1 Å². The number of carbonyl (C=O) groups excluding carboxylic acids is 1. The van der Waals surface area contributed by atoms with Gasteiger partial charge in [-0.2, -0.15) is 0 Å². The molecule has 1 aromatic rings. The summed E-state index contributed by atoms with van der Waals surface area (Å²) in [5, 5.41) is 0. The maximum absolute atomic E-state index is 11.5. The number of nitrogens with zero attached hydrogens (tertiary/aromatic N) is 2. The second-order valence-corrected chi connectivity index (χ2v) is 5.56. The first-order valence-electron chi connectivity index (χ1n) is 7.34. The highest BCUT2D eigenvalue weighted by Gasteiger charge is 2.25. The fourth-order valence-electron chi connectivity index (χ4n) is 2.67. The van der Waals surface area contributed by atoms with Crippen LogP contribution in [0.1, 0.15) is 18.5 Å². The first-order chi connectivity index (χ1) is 10.1. The first-order valence-corrected chi connectivity index (χ1v) is 7.34. The molecule has 0 radical (unpaired) electrons. The first kappa shape index (κ1) is 15.7. The SMILES string of the molecule is COC(=O)C(C)=CCN1CCN(C)CC1c1ccccc1. The smallest absolute Gasteiger partial charge is 0.333 e. The third-order valence-corrected chi connectivity index (χ3v) is 4.02. The lowest BCUT2D eigenvalue weighted by molar-refractivity contribution is -0.136. The number of piperazine rings is 1. The minimum Gasteiger partial charge on any atom is -0.466 e. The second-order valence-electron chi connectivity index (χ2n) is 5.56. The molecule has 0 bridgehead atoms. The van der Waals surface area contributed by atoms with Gasteiger partial charge in [-0.25, -0.2) is 4.79 Å². The molecule has 4 heteroatoms. The number of benzene rings is 1. The second kappa shape index (κ2) is 7.38. The summed E-state index contributed by atoms with van der Waals surface area (Å²) in [4.78, 5) is 16.2. The van der Waals surface area contributed by atoms with Gasteiger partial charge in [0, 0.05) is 37.8 Å². The Morgan fingerprint density at radius 2 is 2.05 bits per heavy atom. The van der Waals surface area contributed by atoms with E-state index in [0.29, 0.717) is 11.6 Å². The minimum atomic E-state index is -0.250. The van der Waals surface area contributed by atoms with Crippen molar-refractivity contribution in [1.82, 2.24) is 9.80 Å². The van der Waals surface area contributed by atoms with Crippen molar-refractivity contribution in [3.05, 3.63) is 47.5 Å². The van der Waals surface area contributed by atoms with E-state index in [2.05, 4.69) is 41.1 Å². The van der Waals surface area contributed by atoms with Crippen molar-refractivity contribution in [2.45, 2.75) is 13.0 Å². The Morgan fingerprint density at radius 3 is 2.71 bits per heavy atom. The summed E-state index contributed by atoms with van der Waals surface area (Å²) in [7, 11) is 3.57. The Kier molecular flexibility index (Phi) is 5.53. The molecule has 1 aromatic carbocycles. The van der Waals surface area contributed by atoms with Gasteiger partial charge in [-0.1, -0.05) is 36.4 Å². The number of hydrogen-bond donors (Lipinski definition) is 0. The molecule has 0 aliphatic carbocycles. The summed E-state index contributed by atoms with van der Waals surface area (Å²) in [6.07, 6.45) is 1.97. The fraction of sp³-hybridized carbons (Fsp3) is 0.471. The van der Waals surface area contributed by atoms with Gasteiger partial charge >= 0.3 is 5.97 Å². The van der Waals surface area contributed by atoms with Crippen molar-refractivity contribution < 1.29 is 9.53 Å². The summed E-state index contributed by atoms with van der Waals surface area (Å²) in [5.74, 6) is -0.250. The molecule has 1 aliphatic rings. The molecular weight excluding hydrogens is 264 g/mol. The molecule has 1 atom stereocenters. The summed E-state index contributed by atoms with van der Waals surface area (Å²) < 4.78 is 4.75. The van der Waals surface area contributed by atoms with E-state index >= 15 is 0 Å². The van der Waals surface area contributed by atoms with E-state index in [1.807, 2.05) is 12.1 Å². The van der Waals surface area contributed by atoms with Crippen LogP contribution in [0.15, 0.2) is 42.0 Å². The van der Waals surface area contributed by atoms with E-state index in [1.165, 1.54) is 12.7 Å². The van der Waals surface area contributed by atoms with E-state index in [-0.39, 0.29) is 5.97 Å². The van der Waals surface area contributed by atoms with E-state index in [4.69, 9.17) is 4.74 Å². The van der Waals surface area contributed by atoms with Gasteiger partial charge in [0.25, 0.3) is 0 Å². The van der Waals surface area contributed by atoms with Crippen molar-refractivity contribution in [2.75, 3.05) is 40.3 Å². The molecule has 1 aliphatic heterocycles. The predicted molar refractivity (Wildman–Crippen MR) is 84.0 cm³/mol. The van der Waals surface area contributed by atoms with Crippen LogP contribution in [0.3, 0.4) is 0 Å². The molecule has 21 heavy (non-hydrogen) atoms. The molecule has 1 heterocycles. The Hall–Kier alpha value is -1.65. The topological polar surface area (TPSA) is 32.8 Å². The zero-order chi connectivity index (χ0) is 15.2. The lowest BCUT2D eigenvalue weighted by Gasteiger charge is -2.40. The van der Waals surface area contributed by atoms with Crippen LogP contribution in [0.25, 0.3) is 0 Å². The number of carbonyl (C=O) groups is 1. The standard InChI is InChI=1S/C17H24N2O2/c1-14(17(20)21-3)9-10-19-12-11-18(2)13-16(19)15-7-5-4-6-8-15/h4-9,16H,10-13H2,1-3H3. The molecule has 0 amide bonds. The van der Waals surface area contributed by atoms with Crippen LogP contribution in [0.2, 0.25) is 0 Å². The molecule has 0 aromatic heterocycles. The molecular formula is C17H24N2O2. The third kappa shape index (κ3) is 4.16. The number of likely N-dealkylation sites (N-methyl/N-ethyl adjacent to an activating group) is 1. The average molecular weight is 288 g/mol. The van der Waals surface area contributed by atoms with Gasteiger partial charge in [-0.15, -0.1) is 0 Å². The van der Waals surface area contributed by atoms with Gasteiger partial charge in [0.05, 0.1) is 7.11 Å². The molecule has 0 N–H and O–H groups in total. The minimum absolute atomic E-state index is 0.250. The van der Waals surface area contributed by atoms with E-state index in [0.717, 1.165) is 26.2 Å². The molecule has 0 spiro atoms. The number of esters is 1. The largest absolute Gasteiger partial charge is 0.466 e. The zero-order valence-electron chi connectivity index (χ0n) is 13.1. The Bertz CT molecular complexity index is 499. The van der Waals surface area contributed by atoms with E-state index in [9.17, 15) is 4.79 Å². The third-order valence-electron chi connectivity index (χ3n) is 4.02. The number of methoxy groups -OCH3 is 1. The molecule has 4 nitrogen and oxygen atoms in total. The van der Waals surface area contributed by atoms with Crippen LogP contribution in [-0.2, 0) is 9.53 Å². The van der Waals surface area contributed by atoms with Crippen molar-refractivity contribution in [2.24, 2.45) is 0 Å². The molecule has 2 rings (SSSR count). The molecule has 0 saturated carbocycles. The van der Waals surface area contributed by atoms with Gasteiger partial charge in [0.1, 0.15) is 0 Å². The average Bonchev–Trinajstić information content (AvgIpc) is 2.53. The van der Waals surface area contributed by atoms with Gasteiger partial charge < -0.3 is 9.64 Å². The van der Waals surface area contributed by atoms with Crippen LogP contribution in [0, 0.1) is 0 Å². The van der Waals surface area contributed by atoms with Gasteiger partial charge in [-0.05, 0) is 19.5 Å². The van der Waals surface area contributed by atoms with Gasteiger partial charge in [-0.3, -0.25) is 4.90 Å². The number of hydrogen-bond acceptors (Lipinski definition) is 4. The van der Waals surface area contributed by atoms with Crippen LogP contribution in [0.4, 0.5) is 0 Å². The molecule has 1 unspecified atom stereocenters. The van der Waals surface area contributed by atoms with Crippen molar-refractivity contribution in [3.8, 4) is 0 Å². The summed E-state index contributed by atoms with van der Waals surface area (Å²) in [6, 6.07) is 10.9. The Balaban J connectivity index is 2.10. The summed E-state index contributed by atoms with van der Waals surface area (Å²) >= 11 is 0. The maximum atomic E-state index is 11.5. The van der Waals surface area contributed by atoms with Crippen molar-refractivity contribution in [1.29, 1.82) is 0 Å². The van der Waals surface area contributed by atoms with Gasteiger partial charge in [0.15, 0.2) is 0 Å². The number of ether oxygens (including phenoxy) is 1. The lowest BCUT2D eigenvalue weighted by Crippen LogP contribution is -2.46. The molecule has 114 valence electrons. The molecule has 1 saturated heterocycles. The summed E-state index contributed by atoms with van der Waals surface area (Å²) in [6.45, 7) is 5.64. The molecule has 1 fully saturated rings. The highest BCUT2D eigenvalue weighted by Crippen LogP contribution is 2.24. The Morgan fingerprint density at radius 1 is 1.33 bits per heavy atom. The Labute approximate surface area is 127 Å². The van der Waals surface area contributed by atoms with E-state index < -0.39 is 0 Å². The van der Waals surface area contributed by atoms with Crippen LogP contribution < -0.4 is 0 Å². The summed E-state index contributed by atoms with van der Waals surface area (Å²) in [5.41, 5.74) is 2.00. The van der Waals surface area contributed by atoms with E-state index in [1.54, 1.807) is 6.92 Å². The quantitative estimate of drug-likeness (QED) is 0.627. The van der Waals surface area contributed by atoms with Crippen molar-refractivity contribution >= 4 is 5.97 Å². The van der Waals surface area contributed by atoms with Crippen LogP contribution in [0.5, 0.6) is 0 Å². The monoisotopic (exact) mass is 288 g/mol. The maximum Gasteiger partial charge on any atom is 0.333 e. The zero-order valence-corrected chi connectivity index (χ0v) is 13.1.